The topological polar surface area (TPSA) is 64.6 Å². The van der Waals surface area contributed by atoms with Gasteiger partial charge in [0.1, 0.15) is 17.6 Å². The molecule has 0 N–H and O–H groups in total. The maximum Gasteiger partial charge on any atom is 0.223 e. The van der Waals surface area contributed by atoms with Gasteiger partial charge in [-0.05, 0) is 67.9 Å². The summed E-state index contributed by atoms with van der Waals surface area (Å²) in [6.45, 7) is 4.78. The first kappa shape index (κ1) is 22.8. The normalized spacial score (nSPS) is 17.4. The zero-order valence-electron chi connectivity index (χ0n) is 20.2. The highest BCUT2D eigenvalue weighted by Gasteiger charge is 2.37. The highest BCUT2D eigenvalue weighted by molar-refractivity contribution is 5.89. The summed E-state index contributed by atoms with van der Waals surface area (Å²) in [4.78, 5) is 23.9. The SMILES string of the molecule is COc1ccc(C(C)N2CC(C(C)Oc3cc(-c4ccccn4)cc4ncccc34)CC2=O)cc1. The van der Waals surface area contributed by atoms with E-state index in [0.717, 1.165) is 39.2 Å². The van der Waals surface area contributed by atoms with Crippen molar-refractivity contribution < 1.29 is 14.3 Å². The van der Waals surface area contributed by atoms with Gasteiger partial charge in [0.05, 0.1) is 24.4 Å². The number of nitrogens with zero attached hydrogens (tertiary/aromatic N) is 3. The quantitative estimate of drug-likeness (QED) is 0.350. The van der Waals surface area contributed by atoms with E-state index in [-0.39, 0.29) is 24.0 Å². The smallest absolute Gasteiger partial charge is 0.223 e. The minimum Gasteiger partial charge on any atom is -0.497 e. The Kier molecular flexibility index (Phi) is 6.36. The lowest BCUT2D eigenvalue weighted by molar-refractivity contribution is -0.129. The number of fused-ring (bicyclic) bond motifs is 1. The lowest BCUT2D eigenvalue weighted by Crippen LogP contribution is -2.31. The highest BCUT2D eigenvalue weighted by atomic mass is 16.5. The first-order valence-corrected chi connectivity index (χ1v) is 11.9. The molecule has 1 fully saturated rings. The molecule has 0 aliphatic carbocycles. The van der Waals surface area contributed by atoms with Crippen LogP contribution in [0.25, 0.3) is 22.2 Å². The van der Waals surface area contributed by atoms with Crippen LogP contribution in [0.5, 0.6) is 11.5 Å². The van der Waals surface area contributed by atoms with Gasteiger partial charge in [-0.15, -0.1) is 0 Å². The van der Waals surface area contributed by atoms with Crippen LogP contribution in [0.15, 0.2) is 79.1 Å². The van der Waals surface area contributed by atoms with Crippen molar-refractivity contribution >= 4 is 16.8 Å². The van der Waals surface area contributed by atoms with E-state index in [2.05, 4.69) is 23.8 Å². The third kappa shape index (κ3) is 4.69. The van der Waals surface area contributed by atoms with Crippen LogP contribution in [0, 0.1) is 5.92 Å². The Morgan fingerprint density at radius 2 is 1.77 bits per heavy atom. The lowest BCUT2D eigenvalue weighted by atomic mass is 10.0. The second kappa shape index (κ2) is 9.74. The van der Waals surface area contributed by atoms with Gasteiger partial charge in [0.2, 0.25) is 5.91 Å². The maximum absolute atomic E-state index is 13.0. The molecule has 1 saturated heterocycles. The lowest BCUT2D eigenvalue weighted by Gasteiger charge is -2.27. The van der Waals surface area contributed by atoms with E-state index in [1.807, 2.05) is 71.6 Å². The molecular formula is C29H29N3O3. The summed E-state index contributed by atoms with van der Waals surface area (Å²) in [6.07, 6.45) is 3.89. The van der Waals surface area contributed by atoms with Crippen LogP contribution >= 0.6 is 0 Å². The standard InChI is InChI=1S/C29H29N3O3/c1-19(21-9-11-24(34-3)12-10-21)32-18-23(17-29(32)33)20(2)35-28-16-22(26-8-4-5-13-30-26)15-27-25(28)7-6-14-31-27/h4-16,19-20,23H,17-18H2,1-3H3. The molecule has 1 aliphatic heterocycles. The molecule has 5 rings (SSSR count). The van der Waals surface area contributed by atoms with Crippen molar-refractivity contribution in [3.8, 4) is 22.8 Å². The molecule has 0 bridgehead atoms. The number of benzene rings is 2. The van der Waals surface area contributed by atoms with Gasteiger partial charge in [-0.25, -0.2) is 0 Å². The van der Waals surface area contributed by atoms with Crippen molar-refractivity contribution in [2.24, 2.45) is 5.92 Å². The van der Waals surface area contributed by atoms with Crippen LogP contribution in [-0.2, 0) is 4.79 Å². The van der Waals surface area contributed by atoms with Gasteiger partial charge in [0.25, 0.3) is 0 Å². The predicted molar refractivity (Wildman–Crippen MR) is 136 cm³/mol. The Balaban J connectivity index is 1.36. The zero-order valence-corrected chi connectivity index (χ0v) is 20.2. The number of aromatic nitrogens is 2. The summed E-state index contributed by atoms with van der Waals surface area (Å²) < 4.78 is 11.8. The predicted octanol–water partition coefficient (Wildman–Crippen LogP) is 5.68. The van der Waals surface area contributed by atoms with Crippen molar-refractivity contribution in [3.05, 3.63) is 84.7 Å². The Hall–Kier alpha value is -3.93. The van der Waals surface area contributed by atoms with E-state index in [9.17, 15) is 4.79 Å². The number of amides is 1. The highest BCUT2D eigenvalue weighted by Crippen LogP contribution is 2.35. The molecule has 2 aromatic heterocycles. The largest absolute Gasteiger partial charge is 0.497 e. The van der Waals surface area contributed by atoms with Gasteiger partial charge in [0, 0.05) is 42.2 Å². The fraction of sp³-hybridized carbons (Fsp3) is 0.276. The molecule has 1 amide bonds. The number of likely N-dealkylation sites (tertiary alicyclic amines) is 1. The number of hydrogen-bond acceptors (Lipinski definition) is 5. The number of carbonyl (C=O) groups excluding carboxylic acids is 1. The van der Waals surface area contributed by atoms with Crippen LogP contribution in [0.2, 0.25) is 0 Å². The number of ether oxygens (including phenoxy) is 2. The van der Waals surface area contributed by atoms with Gasteiger partial charge < -0.3 is 14.4 Å². The van der Waals surface area contributed by atoms with Gasteiger partial charge in [-0.1, -0.05) is 18.2 Å². The number of rotatable bonds is 7. The molecule has 6 heteroatoms. The second-order valence-electron chi connectivity index (χ2n) is 9.04. The molecule has 178 valence electrons. The van der Waals surface area contributed by atoms with Gasteiger partial charge in [0.15, 0.2) is 0 Å². The third-order valence-electron chi connectivity index (χ3n) is 6.87. The molecule has 4 aromatic rings. The minimum absolute atomic E-state index is 0.0110. The Labute approximate surface area is 205 Å². The molecule has 2 aromatic carbocycles. The van der Waals surface area contributed by atoms with Crippen molar-refractivity contribution in [2.75, 3.05) is 13.7 Å². The average Bonchev–Trinajstić information content (AvgIpc) is 3.30. The summed E-state index contributed by atoms with van der Waals surface area (Å²) in [6, 6.07) is 21.7. The van der Waals surface area contributed by atoms with Crippen molar-refractivity contribution in [2.45, 2.75) is 32.4 Å². The molecule has 3 atom stereocenters. The Morgan fingerprint density at radius 3 is 2.51 bits per heavy atom. The van der Waals surface area contributed by atoms with E-state index in [1.165, 1.54) is 0 Å². The fourth-order valence-corrected chi connectivity index (χ4v) is 4.74. The van der Waals surface area contributed by atoms with Gasteiger partial charge in [-0.3, -0.25) is 14.8 Å². The summed E-state index contributed by atoms with van der Waals surface area (Å²) in [5.41, 5.74) is 3.77. The number of carbonyl (C=O) groups is 1. The fourth-order valence-electron chi connectivity index (χ4n) is 4.74. The van der Waals surface area contributed by atoms with E-state index in [0.29, 0.717) is 13.0 Å². The van der Waals surface area contributed by atoms with E-state index in [4.69, 9.17) is 9.47 Å². The number of methoxy groups -OCH3 is 1. The van der Waals surface area contributed by atoms with Crippen molar-refractivity contribution in [3.63, 3.8) is 0 Å². The summed E-state index contributed by atoms with van der Waals surface area (Å²) in [7, 11) is 1.65. The first-order chi connectivity index (χ1) is 17.0. The van der Waals surface area contributed by atoms with E-state index < -0.39 is 0 Å². The number of pyridine rings is 2. The van der Waals surface area contributed by atoms with Crippen LogP contribution < -0.4 is 9.47 Å². The summed E-state index contributed by atoms with van der Waals surface area (Å²) >= 11 is 0. The van der Waals surface area contributed by atoms with Crippen LogP contribution in [-0.4, -0.2) is 40.5 Å². The average molecular weight is 468 g/mol. The van der Waals surface area contributed by atoms with Gasteiger partial charge >= 0.3 is 0 Å². The van der Waals surface area contributed by atoms with E-state index >= 15 is 0 Å². The Bertz CT molecular complexity index is 1320. The molecule has 6 nitrogen and oxygen atoms in total. The maximum atomic E-state index is 13.0. The van der Waals surface area contributed by atoms with Crippen LogP contribution in [0.3, 0.4) is 0 Å². The molecule has 3 unspecified atom stereocenters. The second-order valence-corrected chi connectivity index (χ2v) is 9.04. The monoisotopic (exact) mass is 467 g/mol. The van der Waals surface area contributed by atoms with Crippen molar-refractivity contribution in [1.82, 2.24) is 14.9 Å². The molecular weight excluding hydrogens is 438 g/mol. The van der Waals surface area contributed by atoms with Crippen LogP contribution in [0.1, 0.15) is 31.9 Å². The van der Waals surface area contributed by atoms with Crippen molar-refractivity contribution in [1.29, 1.82) is 0 Å². The zero-order chi connectivity index (χ0) is 24.4. The van der Waals surface area contributed by atoms with Gasteiger partial charge in [-0.2, -0.15) is 0 Å². The summed E-state index contributed by atoms with van der Waals surface area (Å²) in [5, 5.41) is 0.951. The molecule has 35 heavy (non-hydrogen) atoms. The summed E-state index contributed by atoms with van der Waals surface area (Å²) in [5.74, 6) is 1.82. The van der Waals surface area contributed by atoms with E-state index in [1.54, 1.807) is 19.5 Å². The number of hydrogen-bond donors (Lipinski definition) is 0. The Morgan fingerprint density at radius 1 is 0.971 bits per heavy atom. The first-order valence-electron chi connectivity index (χ1n) is 11.9. The molecule has 3 heterocycles. The molecule has 0 radical (unpaired) electrons. The molecule has 0 saturated carbocycles. The minimum atomic E-state index is -0.144. The molecule has 1 aliphatic rings. The third-order valence-corrected chi connectivity index (χ3v) is 6.87. The molecule has 0 spiro atoms. The van der Waals surface area contributed by atoms with Crippen LogP contribution in [0.4, 0.5) is 0 Å².